The molecule has 0 atom stereocenters. The van der Waals surface area contributed by atoms with Gasteiger partial charge in [-0.05, 0) is 30.5 Å². The third-order valence-corrected chi connectivity index (χ3v) is 2.85. The first kappa shape index (κ1) is 12.6. The van der Waals surface area contributed by atoms with E-state index < -0.39 is 0 Å². The minimum atomic E-state index is -0.304. The van der Waals surface area contributed by atoms with Crippen LogP contribution in [0.5, 0.6) is 0 Å². The Bertz CT molecular complexity index is 558. The molecule has 0 unspecified atom stereocenters. The highest BCUT2D eigenvalue weighted by atomic mass is 19.1. The van der Waals surface area contributed by atoms with Crippen LogP contribution in [-0.4, -0.2) is 9.78 Å². The number of benzene rings is 1. The second-order valence-electron chi connectivity index (χ2n) is 5.03. The summed E-state index contributed by atoms with van der Waals surface area (Å²) in [4.78, 5) is 0. The fourth-order valence-corrected chi connectivity index (χ4v) is 1.89. The lowest BCUT2D eigenvalue weighted by Crippen LogP contribution is -2.04. The zero-order chi connectivity index (χ0) is 13.3. The molecule has 0 aliphatic rings. The number of aryl methyl sites for hydroxylation is 1. The number of nitrogens with zero attached hydrogens (tertiary/aromatic N) is 2. The van der Waals surface area contributed by atoms with E-state index in [1.165, 1.54) is 6.07 Å². The van der Waals surface area contributed by atoms with Crippen molar-refractivity contribution in [3.63, 3.8) is 0 Å². The van der Waals surface area contributed by atoms with Gasteiger partial charge in [0.05, 0.1) is 6.20 Å². The second-order valence-corrected chi connectivity index (χ2v) is 5.03. The van der Waals surface area contributed by atoms with E-state index in [4.69, 9.17) is 5.73 Å². The van der Waals surface area contributed by atoms with Crippen LogP contribution in [0.3, 0.4) is 0 Å². The van der Waals surface area contributed by atoms with Crippen LogP contribution in [0.1, 0.15) is 19.4 Å². The van der Waals surface area contributed by atoms with E-state index in [1.54, 1.807) is 12.3 Å². The Morgan fingerprint density at radius 2 is 2.11 bits per heavy atom. The van der Waals surface area contributed by atoms with Gasteiger partial charge in [0.2, 0.25) is 0 Å². The van der Waals surface area contributed by atoms with Gasteiger partial charge < -0.3 is 5.73 Å². The lowest BCUT2D eigenvalue weighted by Gasteiger charge is -2.06. The molecule has 0 bridgehead atoms. The molecule has 0 saturated heterocycles. The van der Waals surface area contributed by atoms with Crippen LogP contribution in [0.2, 0.25) is 0 Å². The SMILES string of the molecule is Cc1cc(-c2cnn(CC(C)C)c2)c(F)cc1N. The van der Waals surface area contributed by atoms with Gasteiger partial charge >= 0.3 is 0 Å². The van der Waals surface area contributed by atoms with Gasteiger partial charge in [-0.3, -0.25) is 4.68 Å². The molecule has 3 nitrogen and oxygen atoms in total. The van der Waals surface area contributed by atoms with E-state index in [0.29, 0.717) is 17.2 Å². The standard InChI is InChI=1S/C14H18FN3/c1-9(2)7-18-8-11(6-17-18)12-4-10(3)14(16)5-13(12)15/h4-6,8-9H,7,16H2,1-3H3. The Hall–Kier alpha value is -1.84. The Morgan fingerprint density at radius 1 is 1.39 bits per heavy atom. The van der Waals surface area contributed by atoms with E-state index >= 15 is 0 Å². The van der Waals surface area contributed by atoms with Crippen LogP contribution in [0.4, 0.5) is 10.1 Å². The molecule has 2 N–H and O–H groups in total. The first-order valence-electron chi connectivity index (χ1n) is 6.06. The molecule has 18 heavy (non-hydrogen) atoms. The number of anilines is 1. The molecule has 1 heterocycles. The van der Waals surface area contributed by atoms with Crippen molar-refractivity contribution in [2.24, 2.45) is 5.92 Å². The van der Waals surface area contributed by atoms with Gasteiger partial charge in [0.15, 0.2) is 0 Å². The van der Waals surface area contributed by atoms with Crippen molar-refractivity contribution in [1.29, 1.82) is 0 Å². The summed E-state index contributed by atoms with van der Waals surface area (Å²) in [6.07, 6.45) is 3.56. The number of hydrogen-bond acceptors (Lipinski definition) is 2. The van der Waals surface area contributed by atoms with Crippen molar-refractivity contribution >= 4 is 5.69 Å². The number of nitrogen functional groups attached to an aromatic ring is 1. The Balaban J connectivity index is 2.37. The zero-order valence-corrected chi connectivity index (χ0v) is 10.9. The molecule has 0 fully saturated rings. The number of hydrogen-bond donors (Lipinski definition) is 1. The monoisotopic (exact) mass is 247 g/mol. The Labute approximate surface area is 106 Å². The van der Waals surface area contributed by atoms with E-state index in [2.05, 4.69) is 18.9 Å². The predicted octanol–water partition coefficient (Wildman–Crippen LogP) is 3.24. The molecule has 1 aromatic carbocycles. The molecule has 1 aromatic heterocycles. The molecular weight excluding hydrogens is 229 g/mol. The van der Waals surface area contributed by atoms with Crippen LogP contribution in [0.15, 0.2) is 24.5 Å². The molecule has 0 radical (unpaired) electrons. The maximum absolute atomic E-state index is 13.9. The zero-order valence-electron chi connectivity index (χ0n) is 10.9. The molecule has 0 saturated carbocycles. The fraction of sp³-hybridized carbons (Fsp3) is 0.357. The Kier molecular flexibility index (Phi) is 3.36. The smallest absolute Gasteiger partial charge is 0.133 e. The summed E-state index contributed by atoms with van der Waals surface area (Å²) in [6.45, 7) is 6.94. The molecule has 2 aromatic rings. The normalized spacial score (nSPS) is 11.2. The highest BCUT2D eigenvalue weighted by Crippen LogP contribution is 2.26. The van der Waals surface area contributed by atoms with Crippen molar-refractivity contribution in [2.75, 3.05) is 5.73 Å². The summed E-state index contributed by atoms with van der Waals surface area (Å²) in [5.41, 5.74) is 8.37. The second kappa shape index (κ2) is 4.80. The average molecular weight is 247 g/mol. The predicted molar refractivity (Wildman–Crippen MR) is 71.6 cm³/mol. The van der Waals surface area contributed by atoms with Crippen LogP contribution < -0.4 is 5.73 Å². The topological polar surface area (TPSA) is 43.8 Å². The summed E-state index contributed by atoms with van der Waals surface area (Å²) < 4.78 is 15.7. The number of aromatic nitrogens is 2. The first-order chi connectivity index (χ1) is 8.47. The van der Waals surface area contributed by atoms with Crippen LogP contribution >= 0.6 is 0 Å². The fourth-order valence-electron chi connectivity index (χ4n) is 1.89. The average Bonchev–Trinajstić information content (AvgIpc) is 2.70. The summed E-state index contributed by atoms with van der Waals surface area (Å²) in [5, 5.41) is 4.24. The summed E-state index contributed by atoms with van der Waals surface area (Å²) in [7, 11) is 0. The largest absolute Gasteiger partial charge is 0.398 e. The minimum absolute atomic E-state index is 0.304. The number of halogens is 1. The minimum Gasteiger partial charge on any atom is -0.398 e. The molecule has 4 heteroatoms. The third kappa shape index (κ3) is 2.53. The maximum Gasteiger partial charge on any atom is 0.133 e. The highest BCUT2D eigenvalue weighted by molar-refractivity contribution is 5.67. The van der Waals surface area contributed by atoms with E-state index in [1.807, 2.05) is 17.8 Å². The van der Waals surface area contributed by atoms with Gasteiger partial charge in [-0.1, -0.05) is 13.8 Å². The lowest BCUT2D eigenvalue weighted by molar-refractivity contribution is 0.483. The first-order valence-corrected chi connectivity index (χ1v) is 6.06. The van der Waals surface area contributed by atoms with E-state index in [-0.39, 0.29) is 5.82 Å². The van der Waals surface area contributed by atoms with Crippen molar-refractivity contribution in [3.05, 3.63) is 35.9 Å². The van der Waals surface area contributed by atoms with Crippen molar-refractivity contribution in [1.82, 2.24) is 9.78 Å². The molecular formula is C14H18FN3. The molecule has 96 valence electrons. The maximum atomic E-state index is 13.9. The molecule has 0 spiro atoms. The molecule has 0 aliphatic heterocycles. The summed E-state index contributed by atoms with van der Waals surface area (Å²) in [5.74, 6) is 0.206. The van der Waals surface area contributed by atoms with E-state index in [9.17, 15) is 4.39 Å². The number of rotatable bonds is 3. The highest BCUT2D eigenvalue weighted by Gasteiger charge is 2.10. The van der Waals surface area contributed by atoms with Crippen molar-refractivity contribution in [3.8, 4) is 11.1 Å². The molecule has 2 rings (SSSR count). The van der Waals surface area contributed by atoms with E-state index in [0.717, 1.165) is 17.7 Å². The van der Waals surface area contributed by atoms with Gasteiger partial charge in [-0.2, -0.15) is 5.10 Å². The van der Waals surface area contributed by atoms with Crippen LogP contribution in [0, 0.1) is 18.7 Å². The van der Waals surface area contributed by atoms with Crippen LogP contribution in [-0.2, 0) is 6.54 Å². The molecule has 0 amide bonds. The lowest BCUT2D eigenvalue weighted by atomic mass is 10.0. The van der Waals surface area contributed by atoms with Gasteiger partial charge in [0.1, 0.15) is 5.82 Å². The van der Waals surface area contributed by atoms with Crippen molar-refractivity contribution in [2.45, 2.75) is 27.3 Å². The number of nitrogens with two attached hydrogens (primary N) is 1. The van der Waals surface area contributed by atoms with Gasteiger partial charge in [0.25, 0.3) is 0 Å². The summed E-state index contributed by atoms with van der Waals surface area (Å²) >= 11 is 0. The summed E-state index contributed by atoms with van der Waals surface area (Å²) in [6, 6.07) is 3.13. The third-order valence-electron chi connectivity index (χ3n) is 2.85. The van der Waals surface area contributed by atoms with Gasteiger partial charge in [-0.15, -0.1) is 0 Å². The van der Waals surface area contributed by atoms with Gasteiger partial charge in [0, 0.05) is 29.6 Å². The van der Waals surface area contributed by atoms with Gasteiger partial charge in [-0.25, -0.2) is 4.39 Å². The van der Waals surface area contributed by atoms with Crippen LogP contribution in [0.25, 0.3) is 11.1 Å². The quantitative estimate of drug-likeness (QED) is 0.846. The molecule has 0 aliphatic carbocycles. The Morgan fingerprint density at radius 3 is 2.78 bits per heavy atom. The van der Waals surface area contributed by atoms with Crippen molar-refractivity contribution < 1.29 is 4.39 Å².